The molecule has 3 rings (SSSR count). The van der Waals surface area contributed by atoms with E-state index in [-0.39, 0.29) is 15.6 Å². The topological polar surface area (TPSA) is 44.2 Å². The van der Waals surface area contributed by atoms with Crippen molar-refractivity contribution in [2.75, 3.05) is 4.90 Å². The molecule has 1 aliphatic heterocycles. The van der Waals surface area contributed by atoms with Gasteiger partial charge >= 0.3 is 6.18 Å². The van der Waals surface area contributed by atoms with Gasteiger partial charge in [-0.2, -0.15) is 13.2 Å². The van der Waals surface area contributed by atoms with E-state index in [2.05, 4.69) is 0 Å². The molecule has 1 fully saturated rings. The minimum atomic E-state index is -4.67. The normalized spacial score (nSPS) is 16.8. The summed E-state index contributed by atoms with van der Waals surface area (Å²) < 4.78 is 53.2. The van der Waals surface area contributed by atoms with Crippen LogP contribution in [0.4, 0.5) is 23.2 Å². The number of para-hydroxylation sites is 1. The predicted molar refractivity (Wildman–Crippen MR) is 88.6 cm³/mol. The summed E-state index contributed by atoms with van der Waals surface area (Å²) in [4.78, 5) is 13.2. The van der Waals surface area contributed by atoms with Crippen LogP contribution in [0.1, 0.15) is 11.1 Å². The quantitative estimate of drug-likeness (QED) is 0.607. The molecular weight excluding hydrogens is 356 g/mol. The van der Waals surface area contributed by atoms with E-state index in [1.807, 2.05) is 0 Å². The number of benzene rings is 2. The lowest BCUT2D eigenvalue weighted by Gasteiger charge is -2.19. The summed E-state index contributed by atoms with van der Waals surface area (Å²) in [7, 11) is 0. The van der Waals surface area contributed by atoms with Crippen LogP contribution in [0.3, 0.4) is 0 Å². The van der Waals surface area contributed by atoms with Crippen LogP contribution in [0.15, 0.2) is 53.4 Å². The third-order valence-electron chi connectivity index (χ3n) is 3.47. The standard InChI is InChI=1S/C17H10F4N2OS/c18-12-7-3-1-5-10(12)9-14-15(24)23(16(22)25-14)13-8-4-2-6-11(13)17(19,20)21/h1-9,22H/b14-9-,22-16?. The Morgan fingerprint density at radius 2 is 1.68 bits per heavy atom. The van der Waals surface area contributed by atoms with Gasteiger partial charge in [0.15, 0.2) is 5.17 Å². The number of nitrogens with one attached hydrogen (secondary N) is 1. The molecule has 0 atom stereocenters. The monoisotopic (exact) mass is 366 g/mol. The lowest BCUT2D eigenvalue weighted by Crippen LogP contribution is -2.30. The summed E-state index contributed by atoms with van der Waals surface area (Å²) in [6.45, 7) is 0. The number of carbonyl (C=O) groups excluding carboxylic acids is 1. The predicted octanol–water partition coefficient (Wildman–Crippen LogP) is 4.90. The van der Waals surface area contributed by atoms with Crippen LogP contribution in [-0.4, -0.2) is 11.1 Å². The van der Waals surface area contributed by atoms with Crippen LogP contribution < -0.4 is 4.90 Å². The molecule has 2 aromatic rings. The fraction of sp³-hybridized carbons (Fsp3) is 0.0588. The number of thioether (sulfide) groups is 1. The highest BCUT2D eigenvalue weighted by atomic mass is 32.2. The number of amidine groups is 1. The summed E-state index contributed by atoms with van der Waals surface area (Å²) in [5.74, 6) is -1.36. The van der Waals surface area contributed by atoms with Crippen molar-refractivity contribution >= 4 is 34.6 Å². The first-order chi connectivity index (χ1) is 11.8. The van der Waals surface area contributed by atoms with E-state index in [9.17, 15) is 22.4 Å². The van der Waals surface area contributed by atoms with Gasteiger partial charge in [-0.15, -0.1) is 0 Å². The lowest BCUT2D eigenvalue weighted by molar-refractivity contribution is -0.137. The van der Waals surface area contributed by atoms with Gasteiger partial charge in [0.1, 0.15) is 5.82 Å². The first-order valence-electron chi connectivity index (χ1n) is 7.02. The Labute approximate surface area is 144 Å². The molecule has 0 aromatic heterocycles. The molecule has 1 N–H and O–H groups in total. The molecular formula is C17H10F4N2OS. The molecule has 0 aliphatic carbocycles. The fourth-order valence-electron chi connectivity index (χ4n) is 2.35. The number of hydrogen-bond donors (Lipinski definition) is 1. The van der Waals surface area contributed by atoms with Crippen molar-refractivity contribution < 1.29 is 22.4 Å². The van der Waals surface area contributed by atoms with Gasteiger partial charge in [-0.3, -0.25) is 15.1 Å². The zero-order valence-corrected chi connectivity index (χ0v) is 13.3. The molecule has 1 aliphatic rings. The van der Waals surface area contributed by atoms with Crippen LogP contribution in [0.5, 0.6) is 0 Å². The summed E-state index contributed by atoms with van der Waals surface area (Å²) in [6, 6.07) is 10.2. The van der Waals surface area contributed by atoms with Gasteiger partial charge in [0.25, 0.3) is 5.91 Å². The van der Waals surface area contributed by atoms with Gasteiger partial charge < -0.3 is 0 Å². The van der Waals surface area contributed by atoms with Crippen molar-refractivity contribution in [3.63, 3.8) is 0 Å². The molecule has 0 bridgehead atoms. The van der Waals surface area contributed by atoms with E-state index in [0.29, 0.717) is 16.7 Å². The highest BCUT2D eigenvalue weighted by molar-refractivity contribution is 8.19. The summed E-state index contributed by atoms with van der Waals surface area (Å²) in [6.07, 6.45) is -3.44. The summed E-state index contributed by atoms with van der Waals surface area (Å²) >= 11 is 0.686. The van der Waals surface area contributed by atoms with Gasteiger partial charge in [-0.1, -0.05) is 30.3 Å². The summed E-state index contributed by atoms with van der Waals surface area (Å²) in [5.41, 5.74) is -1.31. The second-order valence-corrected chi connectivity index (χ2v) is 6.12. The van der Waals surface area contributed by atoms with Crippen molar-refractivity contribution in [1.29, 1.82) is 5.41 Å². The smallest absolute Gasteiger partial charge is 0.278 e. The van der Waals surface area contributed by atoms with E-state index in [1.54, 1.807) is 6.07 Å². The van der Waals surface area contributed by atoms with Crippen LogP contribution in [0.2, 0.25) is 0 Å². The molecule has 1 heterocycles. The first kappa shape index (κ1) is 17.2. The SMILES string of the molecule is N=C1S/C(=C\c2ccccc2F)C(=O)N1c1ccccc1C(F)(F)F. The van der Waals surface area contributed by atoms with E-state index < -0.39 is 29.2 Å². The Bertz CT molecular complexity index is 892. The molecule has 0 spiro atoms. The average molecular weight is 366 g/mol. The van der Waals surface area contributed by atoms with E-state index >= 15 is 0 Å². The molecule has 25 heavy (non-hydrogen) atoms. The molecule has 8 heteroatoms. The maximum Gasteiger partial charge on any atom is 0.418 e. The maximum absolute atomic E-state index is 13.7. The number of nitrogens with zero attached hydrogens (tertiary/aromatic N) is 1. The third-order valence-corrected chi connectivity index (χ3v) is 4.35. The molecule has 3 nitrogen and oxygen atoms in total. The van der Waals surface area contributed by atoms with Gasteiger partial charge in [0, 0.05) is 5.56 Å². The highest BCUT2D eigenvalue weighted by Crippen LogP contribution is 2.41. The Morgan fingerprint density at radius 1 is 1.04 bits per heavy atom. The maximum atomic E-state index is 13.7. The van der Waals surface area contributed by atoms with Gasteiger partial charge in [0.05, 0.1) is 16.2 Å². The fourth-order valence-corrected chi connectivity index (χ4v) is 3.19. The molecule has 1 amide bonds. The second-order valence-electron chi connectivity index (χ2n) is 5.09. The van der Waals surface area contributed by atoms with Crippen molar-refractivity contribution in [2.45, 2.75) is 6.18 Å². The largest absolute Gasteiger partial charge is 0.418 e. The van der Waals surface area contributed by atoms with Crippen molar-refractivity contribution in [2.24, 2.45) is 0 Å². The van der Waals surface area contributed by atoms with Crippen LogP contribution in [0, 0.1) is 11.2 Å². The van der Waals surface area contributed by atoms with Gasteiger partial charge in [-0.25, -0.2) is 4.39 Å². The van der Waals surface area contributed by atoms with E-state index in [1.165, 1.54) is 36.4 Å². The number of amides is 1. The summed E-state index contributed by atoms with van der Waals surface area (Å²) in [5, 5.41) is 7.52. The van der Waals surface area contributed by atoms with Crippen molar-refractivity contribution in [3.05, 3.63) is 70.4 Å². The minimum absolute atomic E-state index is 0.0212. The molecule has 1 saturated heterocycles. The van der Waals surface area contributed by atoms with Gasteiger partial charge in [-0.05, 0) is 36.0 Å². The average Bonchev–Trinajstić information content (AvgIpc) is 2.83. The van der Waals surface area contributed by atoms with Crippen LogP contribution in [0.25, 0.3) is 6.08 Å². The molecule has 2 aromatic carbocycles. The van der Waals surface area contributed by atoms with E-state index in [0.717, 1.165) is 12.1 Å². The third kappa shape index (κ3) is 3.30. The number of hydrogen-bond acceptors (Lipinski definition) is 3. The zero-order valence-electron chi connectivity index (χ0n) is 12.5. The Hall–Kier alpha value is -2.61. The second kappa shape index (κ2) is 6.36. The van der Waals surface area contributed by atoms with Crippen LogP contribution in [-0.2, 0) is 11.0 Å². The van der Waals surface area contributed by atoms with E-state index in [4.69, 9.17) is 5.41 Å². The Balaban J connectivity index is 2.03. The van der Waals surface area contributed by atoms with Crippen molar-refractivity contribution in [1.82, 2.24) is 0 Å². The molecule has 128 valence electrons. The van der Waals surface area contributed by atoms with Crippen LogP contribution >= 0.6 is 11.8 Å². The van der Waals surface area contributed by atoms with Crippen molar-refractivity contribution in [3.8, 4) is 0 Å². The number of rotatable bonds is 2. The first-order valence-corrected chi connectivity index (χ1v) is 7.84. The Morgan fingerprint density at radius 3 is 2.36 bits per heavy atom. The zero-order chi connectivity index (χ0) is 18.2. The number of anilines is 1. The number of carbonyl (C=O) groups is 1. The number of halogens is 4. The molecule has 0 radical (unpaired) electrons. The minimum Gasteiger partial charge on any atom is -0.278 e. The highest BCUT2D eigenvalue weighted by Gasteiger charge is 2.40. The Kier molecular flexibility index (Phi) is 4.38. The molecule has 0 saturated carbocycles. The lowest BCUT2D eigenvalue weighted by atomic mass is 10.1. The number of alkyl halides is 3. The van der Waals surface area contributed by atoms with Gasteiger partial charge in [0.2, 0.25) is 0 Å². The molecule has 0 unspecified atom stereocenters.